The Hall–Kier alpha value is -1.82. The van der Waals surface area contributed by atoms with Gasteiger partial charge in [0.1, 0.15) is 5.01 Å². The van der Waals surface area contributed by atoms with Crippen LogP contribution in [0.4, 0.5) is 4.39 Å². The molecular formula is C12H11FN2O2S. The molecule has 0 aliphatic carbocycles. The van der Waals surface area contributed by atoms with Gasteiger partial charge in [0, 0.05) is 17.1 Å². The van der Waals surface area contributed by atoms with Gasteiger partial charge in [0.2, 0.25) is 0 Å². The van der Waals surface area contributed by atoms with E-state index in [1.807, 2.05) is 0 Å². The highest BCUT2D eigenvalue weighted by molar-refractivity contribution is 7.13. The van der Waals surface area contributed by atoms with Crippen LogP contribution in [0.1, 0.15) is 12.6 Å². The highest BCUT2D eigenvalue weighted by Crippen LogP contribution is 2.25. The van der Waals surface area contributed by atoms with Gasteiger partial charge in [0.15, 0.2) is 5.82 Å². The average Bonchev–Trinajstić information content (AvgIpc) is 2.78. The lowest BCUT2D eigenvalue weighted by Gasteiger charge is -1.98. The van der Waals surface area contributed by atoms with Crippen LogP contribution >= 0.6 is 11.3 Å². The zero-order chi connectivity index (χ0) is 13.0. The normalized spacial score (nSPS) is 10.3. The zero-order valence-corrected chi connectivity index (χ0v) is 10.5. The van der Waals surface area contributed by atoms with Gasteiger partial charge in [0.25, 0.3) is 0 Å². The second-order valence-corrected chi connectivity index (χ2v) is 4.34. The summed E-state index contributed by atoms with van der Waals surface area (Å²) in [5.41, 5.74) is 0.981. The summed E-state index contributed by atoms with van der Waals surface area (Å²) in [5.74, 6) is -0.751. The highest BCUT2D eigenvalue weighted by atomic mass is 32.1. The first kappa shape index (κ1) is 12.6. The highest BCUT2D eigenvalue weighted by Gasteiger charge is 2.12. The number of rotatable bonds is 4. The van der Waals surface area contributed by atoms with Crippen LogP contribution in [0.15, 0.2) is 23.8 Å². The molecule has 0 aliphatic heterocycles. The number of esters is 1. The maximum absolute atomic E-state index is 13.5. The van der Waals surface area contributed by atoms with Crippen molar-refractivity contribution in [2.24, 2.45) is 0 Å². The molecule has 94 valence electrons. The fraction of sp³-hybridized carbons (Fsp3) is 0.250. The van der Waals surface area contributed by atoms with Crippen molar-refractivity contribution in [3.05, 3.63) is 35.4 Å². The number of thiazole rings is 1. The molecule has 0 radical (unpaired) electrons. The molecule has 2 aromatic rings. The summed E-state index contributed by atoms with van der Waals surface area (Å²) in [6, 6.07) is 1.56. The molecule has 0 bridgehead atoms. The van der Waals surface area contributed by atoms with Crippen molar-refractivity contribution in [1.29, 1.82) is 0 Å². The van der Waals surface area contributed by atoms with E-state index in [1.54, 1.807) is 18.4 Å². The average molecular weight is 266 g/mol. The molecule has 0 amide bonds. The molecule has 0 spiro atoms. The minimum absolute atomic E-state index is 0.108. The number of ether oxygens (including phenoxy) is 1. The molecule has 0 N–H and O–H groups in total. The quantitative estimate of drug-likeness (QED) is 0.798. The predicted molar refractivity (Wildman–Crippen MR) is 65.6 cm³/mol. The Labute approximate surface area is 107 Å². The van der Waals surface area contributed by atoms with Gasteiger partial charge in [0.05, 0.1) is 24.9 Å². The first-order chi connectivity index (χ1) is 8.70. The van der Waals surface area contributed by atoms with E-state index < -0.39 is 5.82 Å². The Balaban J connectivity index is 2.16. The van der Waals surface area contributed by atoms with Crippen LogP contribution in [0.5, 0.6) is 0 Å². The third kappa shape index (κ3) is 2.89. The third-order valence-electron chi connectivity index (χ3n) is 2.19. The lowest BCUT2D eigenvalue weighted by molar-refractivity contribution is -0.142. The van der Waals surface area contributed by atoms with Crippen LogP contribution in [0, 0.1) is 5.82 Å². The van der Waals surface area contributed by atoms with Crippen molar-refractivity contribution in [2.75, 3.05) is 6.61 Å². The molecular weight excluding hydrogens is 255 g/mol. The number of carbonyl (C=O) groups is 1. The number of nitrogens with zero attached hydrogens (tertiary/aromatic N) is 2. The molecule has 6 heteroatoms. The van der Waals surface area contributed by atoms with Crippen LogP contribution in [0.3, 0.4) is 0 Å². The molecule has 0 saturated carbocycles. The second-order valence-electron chi connectivity index (χ2n) is 3.48. The molecule has 0 aliphatic rings. The minimum atomic E-state index is -0.422. The number of halogens is 1. The molecule has 0 atom stereocenters. The lowest BCUT2D eigenvalue weighted by atomic mass is 10.2. The summed E-state index contributed by atoms with van der Waals surface area (Å²) in [6.45, 7) is 2.09. The van der Waals surface area contributed by atoms with Crippen LogP contribution in [-0.2, 0) is 16.0 Å². The molecule has 0 saturated heterocycles. The number of pyridine rings is 1. The fourth-order valence-electron chi connectivity index (χ4n) is 1.42. The van der Waals surface area contributed by atoms with E-state index in [4.69, 9.17) is 4.74 Å². The van der Waals surface area contributed by atoms with Gasteiger partial charge in [-0.25, -0.2) is 9.37 Å². The van der Waals surface area contributed by atoms with Crippen molar-refractivity contribution >= 4 is 17.3 Å². The predicted octanol–water partition coefficient (Wildman–Crippen LogP) is 2.45. The van der Waals surface area contributed by atoms with Crippen LogP contribution in [-0.4, -0.2) is 22.5 Å². The second kappa shape index (κ2) is 5.68. The maximum Gasteiger partial charge on any atom is 0.311 e. The van der Waals surface area contributed by atoms with Crippen molar-refractivity contribution in [3.63, 3.8) is 0 Å². The SMILES string of the molecule is CCOC(=O)Cc1csc(-c2ccncc2F)n1. The third-order valence-corrected chi connectivity index (χ3v) is 3.11. The topological polar surface area (TPSA) is 52.1 Å². The monoisotopic (exact) mass is 266 g/mol. The lowest BCUT2D eigenvalue weighted by Crippen LogP contribution is -2.07. The van der Waals surface area contributed by atoms with Gasteiger partial charge < -0.3 is 4.74 Å². The Morgan fingerprint density at radius 1 is 1.56 bits per heavy atom. The van der Waals surface area contributed by atoms with Gasteiger partial charge in [-0.1, -0.05) is 0 Å². The Morgan fingerprint density at radius 2 is 2.39 bits per heavy atom. The number of hydrogen-bond acceptors (Lipinski definition) is 5. The smallest absolute Gasteiger partial charge is 0.311 e. The number of aromatic nitrogens is 2. The molecule has 0 unspecified atom stereocenters. The summed E-state index contributed by atoms with van der Waals surface area (Å²) in [7, 11) is 0. The minimum Gasteiger partial charge on any atom is -0.466 e. The van der Waals surface area contributed by atoms with Gasteiger partial charge >= 0.3 is 5.97 Å². The standard InChI is InChI=1S/C12H11FN2O2S/c1-2-17-11(16)5-8-7-18-12(15-8)9-3-4-14-6-10(9)13/h3-4,6-7H,2,5H2,1H3. The van der Waals surface area contributed by atoms with Gasteiger partial charge in [-0.3, -0.25) is 9.78 Å². The zero-order valence-electron chi connectivity index (χ0n) is 9.72. The van der Waals surface area contributed by atoms with E-state index in [1.165, 1.54) is 17.5 Å². The van der Waals surface area contributed by atoms with E-state index in [2.05, 4.69) is 9.97 Å². The van der Waals surface area contributed by atoms with E-state index in [-0.39, 0.29) is 12.4 Å². The largest absolute Gasteiger partial charge is 0.466 e. The van der Waals surface area contributed by atoms with E-state index in [9.17, 15) is 9.18 Å². The number of hydrogen-bond donors (Lipinski definition) is 0. The van der Waals surface area contributed by atoms with Gasteiger partial charge in [-0.15, -0.1) is 11.3 Å². The van der Waals surface area contributed by atoms with Crippen molar-refractivity contribution in [2.45, 2.75) is 13.3 Å². The van der Waals surface area contributed by atoms with Crippen molar-refractivity contribution < 1.29 is 13.9 Å². The van der Waals surface area contributed by atoms with E-state index >= 15 is 0 Å². The first-order valence-corrected chi connectivity index (χ1v) is 6.28. The van der Waals surface area contributed by atoms with Crippen LogP contribution in [0.25, 0.3) is 10.6 Å². The molecule has 2 aromatic heterocycles. The van der Waals surface area contributed by atoms with Crippen LogP contribution < -0.4 is 0 Å². The summed E-state index contributed by atoms with van der Waals surface area (Å²) >= 11 is 1.29. The molecule has 0 aromatic carbocycles. The molecule has 2 rings (SSSR count). The Morgan fingerprint density at radius 3 is 3.11 bits per heavy atom. The van der Waals surface area contributed by atoms with E-state index in [0.29, 0.717) is 22.9 Å². The molecule has 0 fully saturated rings. The Kier molecular flexibility index (Phi) is 3.99. The Bertz CT molecular complexity index is 557. The molecule has 2 heterocycles. The van der Waals surface area contributed by atoms with Crippen molar-refractivity contribution in [1.82, 2.24) is 9.97 Å². The van der Waals surface area contributed by atoms with Crippen LogP contribution in [0.2, 0.25) is 0 Å². The molecule has 4 nitrogen and oxygen atoms in total. The fourth-order valence-corrected chi connectivity index (χ4v) is 2.27. The summed E-state index contributed by atoms with van der Waals surface area (Å²) in [5, 5.41) is 2.26. The van der Waals surface area contributed by atoms with Gasteiger partial charge in [-0.05, 0) is 13.0 Å². The summed E-state index contributed by atoms with van der Waals surface area (Å²) in [6.07, 6.45) is 2.75. The van der Waals surface area contributed by atoms with Gasteiger partial charge in [-0.2, -0.15) is 0 Å². The van der Waals surface area contributed by atoms with E-state index in [0.717, 1.165) is 6.20 Å². The summed E-state index contributed by atoms with van der Waals surface area (Å²) < 4.78 is 18.3. The first-order valence-electron chi connectivity index (χ1n) is 5.40. The molecule has 18 heavy (non-hydrogen) atoms. The van der Waals surface area contributed by atoms with Crippen molar-refractivity contribution in [3.8, 4) is 10.6 Å². The summed E-state index contributed by atoms with van der Waals surface area (Å²) in [4.78, 5) is 19.2. The number of carbonyl (C=O) groups excluding carboxylic acids is 1. The maximum atomic E-state index is 13.5.